The van der Waals surface area contributed by atoms with Crippen molar-refractivity contribution in [1.29, 1.82) is 0 Å². The molecule has 0 radical (unpaired) electrons. The fourth-order valence-electron chi connectivity index (χ4n) is 4.23. The second kappa shape index (κ2) is 6.86. The lowest BCUT2D eigenvalue weighted by Gasteiger charge is -2.38. The largest absolute Gasteiger partial charge is 0.393 e. The lowest BCUT2D eigenvalue weighted by molar-refractivity contribution is 0.0458. The molecule has 1 unspecified atom stereocenters. The van der Waals surface area contributed by atoms with Gasteiger partial charge in [-0.2, -0.15) is 0 Å². The van der Waals surface area contributed by atoms with Crippen LogP contribution in [0.15, 0.2) is 12.7 Å². The van der Waals surface area contributed by atoms with E-state index in [1.807, 2.05) is 6.08 Å². The van der Waals surface area contributed by atoms with Crippen molar-refractivity contribution in [2.24, 2.45) is 21.7 Å². The third-order valence-corrected chi connectivity index (χ3v) is 4.07. The first-order valence-corrected chi connectivity index (χ1v) is 8.39. The van der Waals surface area contributed by atoms with Gasteiger partial charge in [0, 0.05) is 0 Å². The zero-order valence-corrected chi connectivity index (χ0v) is 16.1. The van der Waals surface area contributed by atoms with Crippen LogP contribution in [0.1, 0.15) is 88.0 Å². The molecule has 0 aliphatic rings. The second-order valence-electron chi connectivity index (χ2n) is 10.5. The summed E-state index contributed by atoms with van der Waals surface area (Å²) in [6.07, 6.45) is 5.73. The van der Waals surface area contributed by atoms with Crippen LogP contribution in [-0.4, -0.2) is 11.2 Å². The monoisotopic (exact) mass is 296 g/mol. The van der Waals surface area contributed by atoms with Gasteiger partial charge in [0.1, 0.15) is 0 Å². The van der Waals surface area contributed by atoms with Crippen molar-refractivity contribution in [1.82, 2.24) is 0 Å². The van der Waals surface area contributed by atoms with E-state index in [0.717, 1.165) is 25.7 Å². The van der Waals surface area contributed by atoms with Crippen molar-refractivity contribution in [3.63, 3.8) is 0 Å². The van der Waals surface area contributed by atoms with Gasteiger partial charge in [0.15, 0.2) is 0 Å². The molecule has 0 amide bonds. The Labute approximate surface area is 134 Å². The highest BCUT2D eigenvalue weighted by Crippen LogP contribution is 2.41. The SMILES string of the molecule is C=CC(C)(C)CC(C)(C)CC(O)CC(C)(C)CC(C)(C)C. The van der Waals surface area contributed by atoms with Crippen LogP contribution in [0.2, 0.25) is 0 Å². The van der Waals surface area contributed by atoms with Crippen molar-refractivity contribution >= 4 is 0 Å². The molecule has 1 atom stereocenters. The molecule has 1 heteroatoms. The van der Waals surface area contributed by atoms with Crippen molar-refractivity contribution in [3.8, 4) is 0 Å². The number of hydrogen-bond donors (Lipinski definition) is 1. The Kier molecular flexibility index (Phi) is 6.76. The van der Waals surface area contributed by atoms with Crippen molar-refractivity contribution < 1.29 is 5.11 Å². The highest BCUT2D eigenvalue weighted by atomic mass is 16.3. The summed E-state index contributed by atoms with van der Waals surface area (Å²) in [6.45, 7) is 24.3. The van der Waals surface area contributed by atoms with Gasteiger partial charge in [-0.1, -0.05) is 68.4 Å². The maximum Gasteiger partial charge on any atom is 0.0550 e. The van der Waals surface area contributed by atoms with Gasteiger partial charge in [-0.25, -0.2) is 0 Å². The maximum absolute atomic E-state index is 10.6. The van der Waals surface area contributed by atoms with E-state index in [0.29, 0.717) is 5.41 Å². The van der Waals surface area contributed by atoms with Crippen LogP contribution >= 0.6 is 0 Å². The summed E-state index contributed by atoms with van der Waals surface area (Å²) in [7, 11) is 0. The number of rotatable bonds is 8. The molecule has 0 heterocycles. The smallest absolute Gasteiger partial charge is 0.0550 e. The summed E-state index contributed by atoms with van der Waals surface area (Å²) >= 11 is 0. The Morgan fingerprint density at radius 3 is 1.52 bits per heavy atom. The van der Waals surface area contributed by atoms with Crippen LogP contribution in [0, 0.1) is 21.7 Å². The maximum atomic E-state index is 10.6. The predicted octanol–water partition coefficient (Wildman–Crippen LogP) is 6.22. The number of hydrogen-bond acceptors (Lipinski definition) is 1. The Morgan fingerprint density at radius 1 is 0.810 bits per heavy atom. The Bertz CT molecular complexity index is 328. The van der Waals surface area contributed by atoms with Crippen LogP contribution in [0.4, 0.5) is 0 Å². The molecule has 0 aromatic rings. The molecular weight excluding hydrogens is 256 g/mol. The fraction of sp³-hybridized carbons (Fsp3) is 0.900. The van der Waals surface area contributed by atoms with Crippen molar-refractivity contribution in [2.75, 3.05) is 0 Å². The second-order valence-corrected chi connectivity index (χ2v) is 10.5. The number of aliphatic hydroxyl groups is 1. The zero-order valence-electron chi connectivity index (χ0n) is 16.1. The highest BCUT2D eigenvalue weighted by molar-refractivity contribution is 4.92. The highest BCUT2D eigenvalue weighted by Gasteiger charge is 2.32. The number of aliphatic hydroxyl groups excluding tert-OH is 1. The fourth-order valence-corrected chi connectivity index (χ4v) is 4.23. The van der Waals surface area contributed by atoms with Crippen LogP contribution in [-0.2, 0) is 0 Å². The summed E-state index contributed by atoms with van der Waals surface area (Å²) in [4.78, 5) is 0. The molecule has 0 saturated carbocycles. The quantitative estimate of drug-likeness (QED) is 0.527. The van der Waals surface area contributed by atoms with E-state index in [1.165, 1.54) is 0 Å². The lowest BCUT2D eigenvalue weighted by Crippen LogP contribution is -2.30. The van der Waals surface area contributed by atoms with Gasteiger partial charge in [-0.3, -0.25) is 0 Å². The molecule has 21 heavy (non-hydrogen) atoms. The van der Waals surface area contributed by atoms with E-state index in [2.05, 4.69) is 68.9 Å². The Hall–Kier alpha value is -0.300. The van der Waals surface area contributed by atoms with Gasteiger partial charge in [0.2, 0.25) is 0 Å². The summed E-state index contributed by atoms with van der Waals surface area (Å²) in [5, 5.41) is 10.6. The van der Waals surface area contributed by atoms with E-state index in [4.69, 9.17) is 0 Å². The number of allylic oxidation sites excluding steroid dienone is 1. The van der Waals surface area contributed by atoms with Crippen LogP contribution in [0.5, 0.6) is 0 Å². The molecule has 1 nitrogen and oxygen atoms in total. The molecule has 0 spiro atoms. The van der Waals surface area contributed by atoms with Gasteiger partial charge in [-0.15, -0.1) is 6.58 Å². The van der Waals surface area contributed by atoms with Gasteiger partial charge in [0.25, 0.3) is 0 Å². The summed E-state index contributed by atoms with van der Waals surface area (Å²) < 4.78 is 0. The molecule has 0 saturated heterocycles. The molecule has 0 rings (SSSR count). The van der Waals surface area contributed by atoms with Gasteiger partial charge < -0.3 is 5.11 Å². The minimum atomic E-state index is -0.224. The lowest BCUT2D eigenvalue weighted by atomic mass is 9.69. The summed E-state index contributed by atoms with van der Waals surface area (Å²) in [6, 6.07) is 0. The topological polar surface area (TPSA) is 20.2 Å². The minimum absolute atomic E-state index is 0.129. The summed E-state index contributed by atoms with van der Waals surface area (Å²) in [5.41, 5.74) is 0.754. The average Bonchev–Trinajstić information content (AvgIpc) is 2.08. The van der Waals surface area contributed by atoms with E-state index >= 15 is 0 Å². The van der Waals surface area contributed by atoms with E-state index in [-0.39, 0.29) is 22.3 Å². The van der Waals surface area contributed by atoms with Crippen LogP contribution in [0.25, 0.3) is 0 Å². The van der Waals surface area contributed by atoms with Gasteiger partial charge >= 0.3 is 0 Å². The molecule has 0 aromatic carbocycles. The predicted molar refractivity (Wildman–Crippen MR) is 95.5 cm³/mol. The van der Waals surface area contributed by atoms with Crippen molar-refractivity contribution in [3.05, 3.63) is 12.7 Å². The molecule has 1 N–H and O–H groups in total. The zero-order chi connectivity index (χ0) is 17.1. The van der Waals surface area contributed by atoms with Crippen LogP contribution in [0.3, 0.4) is 0 Å². The van der Waals surface area contributed by atoms with Crippen molar-refractivity contribution in [2.45, 2.75) is 94.1 Å². The third kappa shape index (κ3) is 10.1. The normalized spacial score (nSPS) is 15.9. The van der Waals surface area contributed by atoms with Crippen LogP contribution < -0.4 is 0 Å². The Balaban J connectivity index is 4.61. The molecule has 0 aliphatic carbocycles. The van der Waals surface area contributed by atoms with Gasteiger partial charge in [0.05, 0.1) is 6.10 Å². The van der Waals surface area contributed by atoms with E-state index in [9.17, 15) is 5.11 Å². The summed E-state index contributed by atoms with van der Waals surface area (Å²) in [5.74, 6) is 0. The molecule has 0 aromatic heterocycles. The average molecular weight is 297 g/mol. The molecular formula is C20H40O. The first kappa shape index (κ1) is 20.7. The molecule has 0 aliphatic heterocycles. The van der Waals surface area contributed by atoms with E-state index in [1.54, 1.807) is 0 Å². The first-order valence-electron chi connectivity index (χ1n) is 8.39. The third-order valence-electron chi connectivity index (χ3n) is 4.07. The Morgan fingerprint density at radius 2 is 1.19 bits per heavy atom. The van der Waals surface area contributed by atoms with E-state index < -0.39 is 0 Å². The molecule has 0 fully saturated rings. The minimum Gasteiger partial charge on any atom is -0.393 e. The molecule has 126 valence electrons. The van der Waals surface area contributed by atoms with Gasteiger partial charge in [-0.05, 0) is 47.3 Å². The molecule has 0 bridgehead atoms. The first-order chi connectivity index (χ1) is 9.08. The standard InChI is InChI=1S/C20H40O/c1-11-18(5,6)15-20(9,10)13-16(21)12-19(7,8)14-17(2,3)4/h11,16,21H,1,12-15H2,2-10H3.